The molecule has 0 spiro atoms. The second kappa shape index (κ2) is 11.3. The topological polar surface area (TPSA) is 94.5 Å². The molecule has 1 aromatic carbocycles. The molecule has 4 rings (SSSR count). The minimum absolute atomic E-state index is 0. The average Bonchev–Trinajstić information content (AvgIpc) is 3.08. The monoisotopic (exact) mass is 451 g/mol. The number of pyridine rings is 1. The zero-order valence-corrected chi connectivity index (χ0v) is 18.3. The summed E-state index contributed by atoms with van der Waals surface area (Å²) >= 11 is 6.02. The van der Waals surface area contributed by atoms with Crippen LogP contribution in [-0.4, -0.2) is 57.0 Å². The lowest BCUT2D eigenvalue weighted by Crippen LogP contribution is -2.38. The maximum absolute atomic E-state index is 12.6. The predicted molar refractivity (Wildman–Crippen MR) is 122 cm³/mol. The number of carbonyl (C=O) groups excluding carboxylic acids is 1. The van der Waals surface area contributed by atoms with E-state index in [-0.39, 0.29) is 30.3 Å². The highest BCUT2D eigenvalue weighted by molar-refractivity contribution is 6.30. The van der Waals surface area contributed by atoms with Gasteiger partial charge in [-0.3, -0.25) is 9.36 Å². The molecule has 162 valence electrons. The van der Waals surface area contributed by atoms with Crippen LogP contribution in [0, 0.1) is 0 Å². The Morgan fingerprint density at radius 3 is 2.57 bits per heavy atom. The fourth-order valence-electron chi connectivity index (χ4n) is 3.66. The van der Waals surface area contributed by atoms with Gasteiger partial charge in [0.2, 0.25) is 5.91 Å². The molecule has 1 amide bonds. The van der Waals surface area contributed by atoms with E-state index in [2.05, 4.69) is 20.2 Å². The van der Waals surface area contributed by atoms with E-state index < -0.39 is 0 Å². The zero-order valence-electron chi connectivity index (χ0n) is 16.7. The fraction of sp³-hybridized carbons (Fsp3) is 0.381. The molecule has 0 atom stereocenters. The van der Waals surface area contributed by atoms with Crippen LogP contribution >= 0.6 is 24.0 Å². The maximum atomic E-state index is 12.6. The molecule has 1 aliphatic heterocycles. The normalized spacial score (nSPS) is 14.0. The van der Waals surface area contributed by atoms with Crippen LogP contribution in [-0.2, 0) is 11.3 Å². The second-order valence-corrected chi connectivity index (χ2v) is 7.56. The van der Waals surface area contributed by atoms with Crippen molar-refractivity contribution >= 4 is 41.1 Å². The second-order valence-electron chi connectivity index (χ2n) is 7.13. The minimum atomic E-state index is -0.0304. The molecule has 0 bridgehead atoms. The minimum Gasteiger partial charge on any atom is -0.412 e. The predicted octanol–water partition coefficient (Wildman–Crippen LogP) is 2.95. The van der Waals surface area contributed by atoms with Crippen molar-refractivity contribution in [3.8, 4) is 11.4 Å². The van der Waals surface area contributed by atoms with Crippen molar-refractivity contribution in [2.24, 2.45) is 0 Å². The molecule has 7 nitrogen and oxygen atoms in total. The van der Waals surface area contributed by atoms with Gasteiger partial charge >= 0.3 is 0 Å². The van der Waals surface area contributed by atoms with Crippen LogP contribution in [0.2, 0.25) is 5.02 Å². The Morgan fingerprint density at radius 2 is 1.83 bits per heavy atom. The summed E-state index contributed by atoms with van der Waals surface area (Å²) < 4.78 is 1.87. The summed E-state index contributed by atoms with van der Waals surface area (Å²) in [6.07, 6.45) is 5.55. The molecule has 0 radical (unpaired) electrons. The van der Waals surface area contributed by atoms with Gasteiger partial charge in [0.15, 0.2) is 5.65 Å². The number of likely N-dealkylation sites (tertiary alicyclic amines) is 1. The van der Waals surface area contributed by atoms with Crippen LogP contribution < -0.4 is 5.32 Å². The molecule has 3 N–H and O–H groups in total. The Morgan fingerprint density at radius 1 is 1.10 bits per heavy atom. The van der Waals surface area contributed by atoms with Crippen molar-refractivity contribution in [2.45, 2.75) is 25.8 Å². The number of halogens is 2. The van der Waals surface area contributed by atoms with E-state index in [0.29, 0.717) is 17.2 Å². The molecule has 2 aromatic heterocycles. The van der Waals surface area contributed by atoms with Gasteiger partial charge in [-0.1, -0.05) is 18.0 Å². The third kappa shape index (κ3) is 5.70. The number of piperidine rings is 1. The molecular formula is C21H27Cl2N5O2. The van der Waals surface area contributed by atoms with Crippen LogP contribution in [0.4, 0.5) is 0 Å². The number of rotatable bonds is 6. The average molecular weight is 452 g/mol. The van der Waals surface area contributed by atoms with E-state index in [1.165, 1.54) is 19.3 Å². The van der Waals surface area contributed by atoms with Crippen LogP contribution in [0.1, 0.15) is 19.3 Å². The number of aromatic nitrogens is 3. The molecule has 0 unspecified atom stereocenters. The van der Waals surface area contributed by atoms with Crippen molar-refractivity contribution < 1.29 is 10.3 Å². The molecule has 0 aliphatic carbocycles. The van der Waals surface area contributed by atoms with E-state index in [1.54, 1.807) is 6.20 Å². The third-order valence-corrected chi connectivity index (χ3v) is 5.36. The van der Waals surface area contributed by atoms with Crippen LogP contribution in [0.5, 0.6) is 0 Å². The van der Waals surface area contributed by atoms with Gasteiger partial charge in [0.05, 0.1) is 0 Å². The van der Waals surface area contributed by atoms with Gasteiger partial charge in [0, 0.05) is 29.9 Å². The van der Waals surface area contributed by atoms with Gasteiger partial charge < -0.3 is 15.7 Å². The molecule has 9 heteroatoms. The highest BCUT2D eigenvalue weighted by Crippen LogP contribution is 2.24. The number of hydrogen-bond acceptors (Lipinski definition) is 4. The van der Waals surface area contributed by atoms with Gasteiger partial charge in [-0.05, 0) is 62.3 Å². The summed E-state index contributed by atoms with van der Waals surface area (Å²) in [6.45, 7) is 4.01. The highest BCUT2D eigenvalue weighted by Gasteiger charge is 2.16. The zero-order chi connectivity index (χ0) is 19.3. The van der Waals surface area contributed by atoms with Gasteiger partial charge in [-0.2, -0.15) is 0 Å². The van der Waals surface area contributed by atoms with Gasteiger partial charge in [-0.25, -0.2) is 9.97 Å². The summed E-state index contributed by atoms with van der Waals surface area (Å²) in [6, 6.07) is 11.2. The molecule has 3 heterocycles. The Hall–Kier alpha value is -2.19. The number of fused-ring (bicyclic) bond motifs is 1. The van der Waals surface area contributed by atoms with Crippen LogP contribution in [0.3, 0.4) is 0 Å². The Labute approximate surface area is 187 Å². The lowest BCUT2D eigenvalue weighted by molar-refractivity contribution is -0.121. The number of amides is 1. The summed E-state index contributed by atoms with van der Waals surface area (Å²) in [5, 5.41) is 3.71. The summed E-state index contributed by atoms with van der Waals surface area (Å²) in [5.74, 6) is 0.689. The number of hydrogen-bond donors (Lipinski definition) is 1. The van der Waals surface area contributed by atoms with E-state index in [1.807, 2.05) is 41.0 Å². The summed E-state index contributed by atoms with van der Waals surface area (Å²) in [4.78, 5) is 24.1. The number of nitrogens with one attached hydrogen (secondary N) is 1. The molecular weight excluding hydrogens is 425 g/mol. The van der Waals surface area contributed by atoms with E-state index in [0.717, 1.165) is 36.5 Å². The standard InChI is InChI=1S/C21H24ClN5O.ClH.H2O/c22-17-8-6-16(7-9-17)20-25-18-5-4-10-24-21(18)27(20)15-19(28)23-11-14-26-12-2-1-3-13-26;;/h4-10H,1-3,11-15H2,(H,23,28);1H;1H2. The molecule has 0 saturated carbocycles. The molecule has 3 aromatic rings. The van der Waals surface area contributed by atoms with Crippen LogP contribution in [0.15, 0.2) is 42.6 Å². The van der Waals surface area contributed by atoms with Gasteiger partial charge in [0.25, 0.3) is 0 Å². The number of nitrogens with zero attached hydrogens (tertiary/aromatic N) is 4. The first-order valence-electron chi connectivity index (χ1n) is 9.77. The first-order valence-corrected chi connectivity index (χ1v) is 10.1. The number of imidazole rings is 1. The Balaban J connectivity index is 0.00000160. The highest BCUT2D eigenvalue weighted by atomic mass is 35.5. The fourth-order valence-corrected chi connectivity index (χ4v) is 3.79. The smallest absolute Gasteiger partial charge is 0.240 e. The Kier molecular flexibility index (Phi) is 9.05. The van der Waals surface area contributed by atoms with Crippen LogP contribution in [0.25, 0.3) is 22.6 Å². The quantitative estimate of drug-likeness (QED) is 0.622. The first kappa shape index (κ1) is 24.1. The van der Waals surface area contributed by atoms with Crippen molar-refractivity contribution in [2.75, 3.05) is 26.2 Å². The van der Waals surface area contributed by atoms with E-state index in [9.17, 15) is 4.79 Å². The maximum Gasteiger partial charge on any atom is 0.240 e. The SMILES string of the molecule is Cl.O.O=C(Cn1c(-c2ccc(Cl)cc2)nc2cccnc21)NCCN1CCCCC1. The van der Waals surface area contributed by atoms with Crippen molar-refractivity contribution in [1.82, 2.24) is 24.8 Å². The first-order chi connectivity index (χ1) is 13.7. The van der Waals surface area contributed by atoms with Crippen molar-refractivity contribution in [3.05, 3.63) is 47.6 Å². The number of carbonyl (C=O) groups is 1. The largest absolute Gasteiger partial charge is 0.412 e. The van der Waals surface area contributed by atoms with E-state index in [4.69, 9.17) is 11.6 Å². The van der Waals surface area contributed by atoms with Crippen molar-refractivity contribution in [3.63, 3.8) is 0 Å². The summed E-state index contributed by atoms with van der Waals surface area (Å²) in [7, 11) is 0. The molecule has 1 saturated heterocycles. The number of benzene rings is 1. The van der Waals surface area contributed by atoms with Crippen molar-refractivity contribution in [1.29, 1.82) is 0 Å². The van der Waals surface area contributed by atoms with Gasteiger partial charge in [0.1, 0.15) is 17.9 Å². The third-order valence-electron chi connectivity index (χ3n) is 5.11. The Bertz CT molecular complexity index is 956. The lowest BCUT2D eigenvalue weighted by Gasteiger charge is -2.26. The molecule has 1 aliphatic rings. The van der Waals surface area contributed by atoms with Gasteiger partial charge in [-0.15, -0.1) is 12.4 Å². The van der Waals surface area contributed by atoms with E-state index >= 15 is 0 Å². The molecule has 1 fully saturated rings. The molecule has 30 heavy (non-hydrogen) atoms. The summed E-state index contributed by atoms with van der Waals surface area (Å²) in [5.41, 5.74) is 2.38. The lowest BCUT2D eigenvalue weighted by atomic mass is 10.1.